The Bertz CT molecular complexity index is 419. The number of ether oxygens (including phenoxy) is 1. The van der Waals surface area contributed by atoms with Crippen LogP contribution in [0.5, 0.6) is 5.75 Å². The molecule has 2 heteroatoms. The van der Waals surface area contributed by atoms with Crippen molar-refractivity contribution in [2.24, 2.45) is 0 Å². The maximum Gasteiger partial charge on any atom is 0.121 e. The van der Waals surface area contributed by atoms with Crippen molar-refractivity contribution in [1.82, 2.24) is 5.32 Å². The van der Waals surface area contributed by atoms with E-state index in [1.807, 2.05) is 6.07 Å². The first-order valence-electron chi connectivity index (χ1n) is 6.24. The molecule has 2 nitrogen and oxygen atoms in total. The summed E-state index contributed by atoms with van der Waals surface area (Å²) >= 11 is 0. The Kier molecular flexibility index (Phi) is 3.85. The summed E-state index contributed by atoms with van der Waals surface area (Å²) in [5.74, 6) is 0.955. The summed E-state index contributed by atoms with van der Waals surface area (Å²) < 4.78 is 5.26. The molecule has 1 aromatic rings. The van der Waals surface area contributed by atoms with Crippen molar-refractivity contribution in [3.05, 3.63) is 34.9 Å². The van der Waals surface area contributed by atoms with E-state index in [4.69, 9.17) is 4.74 Å². The minimum Gasteiger partial charge on any atom is -0.496 e. The third kappa shape index (κ3) is 3.60. The Morgan fingerprint density at radius 2 is 2.24 bits per heavy atom. The first-order valence-corrected chi connectivity index (χ1v) is 6.24. The molecule has 92 valence electrons. The fourth-order valence-electron chi connectivity index (χ4n) is 1.92. The van der Waals surface area contributed by atoms with Crippen LogP contribution < -0.4 is 10.1 Å². The first kappa shape index (κ1) is 12.2. The molecular weight excluding hydrogens is 210 g/mol. The van der Waals surface area contributed by atoms with E-state index in [1.165, 1.54) is 29.5 Å². The Labute approximate surface area is 104 Å². The molecule has 17 heavy (non-hydrogen) atoms. The number of hydrogen-bond acceptors (Lipinski definition) is 2. The molecule has 0 bridgehead atoms. The highest BCUT2D eigenvalue weighted by Crippen LogP contribution is 2.21. The molecule has 1 N–H and O–H groups in total. The molecule has 0 aliphatic heterocycles. The zero-order valence-electron chi connectivity index (χ0n) is 10.9. The van der Waals surface area contributed by atoms with Gasteiger partial charge in [-0.25, -0.2) is 0 Å². The molecule has 1 aliphatic rings. The smallest absolute Gasteiger partial charge is 0.121 e. The van der Waals surface area contributed by atoms with Crippen LogP contribution in [0, 0.1) is 6.92 Å². The van der Waals surface area contributed by atoms with E-state index in [-0.39, 0.29) is 0 Å². The maximum absolute atomic E-state index is 5.26. The maximum atomic E-state index is 5.26. The molecule has 0 unspecified atom stereocenters. The topological polar surface area (TPSA) is 21.3 Å². The van der Waals surface area contributed by atoms with Crippen LogP contribution in [0.1, 0.15) is 30.9 Å². The van der Waals surface area contributed by atoms with Gasteiger partial charge in [-0.2, -0.15) is 0 Å². The average molecular weight is 231 g/mol. The van der Waals surface area contributed by atoms with E-state index in [1.54, 1.807) is 7.11 Å². The van der Waals surface area contributed by atoms with Gasteiger partial charge in [-0.05, 0) is 49.9 Å². The molecule has 1 saturated carbocycles. The van der Waals surface area contributed by atoms with Gasteiger partial charge in [-0.3, -0.25) is 0 Å². The molecule has 0 amide bonds. The number of nitrogens with one attached hydrogen (secondary N) is 1. The van der Waals surface area contributed by atoms with Gasteiger partial charge in [0.15, 0.2) is 0 Å². The van der Waals surface area contributed by atoms with E-state index < -0.39 is 0 Å². The van der Waals surface area contributed by atoms with Gasteiger partial charge in [0, 0.05) is 12.6 Å². The van der Waals surface area contributed by atoms with Crippen molar-refractivity contribution in [3.63, 3.8) is 0 Å². The third-order valence-corrected chi connectivity index (χ3v) is 3.08. The second kappa shape index (κ2) is 5.37. The molecular formula is C15H21NO. The highest BCUT2D eigenvalue weighted by Gasteiger charge is 2.19. The molecule has 0 saturated heterocycles. The van der Waals surface area contributed by atoms with Gasteiger partial charge in [0.25, 0.3) is 0 Å². The highest BCUT2D eigenvalue weighted by molar-refractivity contribution is 5.55. The molecule has 1 aliphatic carbocycles. The van der Waals surface area contributed by atoms with Crippen molar-refractivity contribution in [2.45, 2.75) is 32.7 Å². The fraction of sp³-hybridized carbons (Fsp3) is 0.467. The van der Waals surface area contributed by atoms with E-state index in [9.17, 15) is 0 Å². The van der Waals surface area contributed by atoms with Crippen LogP contribution in [0.4, 0.5) is 0 Å². The van der Waals surface area contributed by atoms with Crippen LogP contribution in [-0.2, 0) is 0 Å². The molecule has 2 rings (SSSR count). The lowest BCUT2D eigenvalue weighted by molar-refractivity contribution is 0.411. The Hall–Kier alpha value is -1.28. The van der Waals surface area contributed by atoms with Crippen molar-refractivity contribution in [3.8, 4) is 5.75 Å². The summed E-state index contributed by atoms with van der Waals surface area (Å²) in [5.41, 5.74) is 3.81. The van der Waals surface area contributed by atoms with Gasteiger partial charge in [-0.15, -0.1) is 0 Å². The summed E-state index contributed by atoms with van der Waals surface area (Å²) in [6.07, 6.45) is 4.92. The third-order valence-electron chi connectivity index (χ3n) is 3.08. The van der Waals surface area contributed by atoms with E-state index >= 15 is 0 Å². The van der Waals surface area contributed by atoms with Crippen LogP contribution in [0.25, 0.3) is 6.08 Å². The summed E-state index contributed by atoms with van der Waals surface area (Å²) in [4.78, 5) is 0. The molecule has 0 spiro atoms. The second-order valence-corrected chi connectivity index (χ2v) is 4.87. The summed E-state index contributed by atoms with van der Waals surface area (Å²) in [6.45, 7) is 5.25. The van der Waals surface area contributed by atoms with E-state index in [2.05, 4.69) is 37.4 Å². The molecule has 0 aromatic heterocycles. The SMILES string of the molecule is COc1ccc(C=C(C)CNC2CC2)cc1C. The van der Waals surface area contributed by atoms with Crippen LogP contribution in [-0.4, -0.2) is 19.7 Å². The average Bonchev–Trinajstić information content (AvgIpc) is 3.10. The number of methoxy groups -OCH3 is 1. The van der Waals surface area contributed by atoms with Gasteiger partial charge in [-0.1, -0.05) is 17.7 Å². The first-order chi connectivity index (χ1) is 8.19. The second-order valence-electron chi connectivity index (χ2n) is 4.87. The lowest BCUT2D eigenvalue weighted by atomic mass is 10.1. The molecule has 1 aromatic carbocycles. The van der Waals surface area contributed by atoms with E-state index in [0.717, 1.165) is 18.3 Å². The van der Waals surface area contributed by atoms with Crippen molar-refractivity contribution < 1.29 is 4.74 Å². The van der Waals surface area contributed by atoms with Gasteiger partial charge in [0.05, 0.1) is 7.11 Å². The van der Waals surface area contributed by atoms with Crippen LogP contribution in [0.2, 0.25) is 0 Å². The zero-order chi connectivity index (χ0) is 12.3. The standard InChI is InChI=1S/C15H21NO/c1-11(10-16-14-5-6-14)8-13-4-7-15(17-3)12(2)9-13/h4,7-9,14,16H,5-6,10H2,1-3H3. The van der Waals surface area contributed by atoms with Crippen molar-refractivity contribution >= 4 is 6.08 Å². The quantitative estimate of drug-likeness (QED) is 0.840. The van der Waals surface area contributed by atoms with Gasteiger partial charge in [0.2, 0.25) is 0 Å². The Balaban J connectivity index is 2.00. The monoisotopic (exact) mass is 231 g/mol. The predicted molar refractivity (Wildman–Crippen MR) is 72.4 cm³/mol. The number of hydrogen-bond donors (Lipinski definition) is 1. The lowest BCUT2D eigenvalue weighted by Gasteiger charge is -2.06. The number of benzene rings is 1. The number of aryl methyl sites for hydroxylation is 1. The van der Waals surface area contributed by atoms with Gasteiger partial charge >= 0.3 is 0 Å². The zero-order valence-corrected chi connectivity index (χ0v) is 10.9. The number of rotatable bonds is 5. The molecule has 0 atom stereocenters. The minimum absolute atomic E-state index is 0.774. The van der Waals surface area contributed by atoms with Crippen LogP contribution in [0.15, 0.2) is 23.8 Å². The van der Waals surface area contributed by atoms with Gasteiger partial charge in [0.1, 0.15) is 5.75 Å². The van der Waals surface area contributed by atoms with Gasteiger partial charge < -0.3 is 10.1 Å². The molecule has 0 heterocycles. The van der Waals surface area contributed by atoms with Crippen LogP contribution in [0.3, 0.4) is 0 Å². The highest BCUT2D eigenvalue weighted by atomic mass is 16.5. The molecule has 1 fully saturated rings. The van der Waals surface area contributed by atoms with Crippen molar-refractivity contribution in [2.75, 3.05) is 13.7 Å². The lowest BCUT2D eigenvalue weighted by Crippen LogP contribution is -2.18. The van der Waals surface area contributed by atoms with Crippen molar-refractivity contribution in [1.29, 1.82) is 0 Å². The Morgan fingerprint density at radius 3 is 2.82 bits per heavy atom. The van der Waals surface area contributed by atoms with E-state index in [0.29, 0.717) is 0 Å². The largest absolute Gasteiger partial charge is 0.496 e. The summed E-state index contributed by atoms with van der Waals surface area (Å²) in [5, 5.41) is 3.52. The summed E-state index contributed by atoms with van der Waals surface area (Å²) in [6, 6.07) is 7.07. The minimum atomic E-state index is 0.774. The predicted octanol–water partition coefficient (Wildman–Crippen LogP) is 3.16. The summed E-state index contributed by atoms with van der Waals surface area (Å²) in [7, 11) is 1.71. The van der Waals surface area contributed by atoms with Crippen LogP contribution >= 0.6 is 0 Å². The normalized spacial score (nSPS) is 16.1. The Morgan fingerprint density at radius 1 is 1.47 bits per heavy atom. The molecule has 0 radical (unpaired) electrons. The fourth-order valence-corrected chi connectivity index (χ4v) is 1.92.